The van der Waals surface area contributed by atoms with Crippen LogP contribution in [0.4, 0.5) is 0 Å². The molecule has 0 bridgehead atoms. The van der Waals surface area contributed by atoms with Crippen molar-refractivity contribution in [2.45, 2.75) is 27.7 Å². The molecule has 0 aliphatic heterocycles. The Kier molecular flexibility index (Phi) is 7.06. The maximum absolute atomic E-state index is 12.7. The van der Waals surface area contributed by atoms with E-state index in [0.717, 1.165) is 4.68 Å². The highest BCUT2D eigenvalue weighted by atomic mass is 79.9. The minimum atomic E-state index is -0.620. The van der Waals surface area contributed by atoms with E-state index in [2.05, 4.69) is 62.7 Å². The summed E-state index contributed by atoms with van der Waals surface area (Å²) < 4.78 is 13.9. The molecule has 3 aromatic rings. The second kappa shape index (κ2) is 9.40. The van der Waals surface area contributed by atoms with Crippen molar-refractivity contribution in [1.82, 2.24) is 9.66 Å². The van der Waals surface area contributed by atoms with E-state index >= 15 is 0 Å². The van der Waals surface area contributed by atoms with Crippen LogP contribution in [0.2, 0.25) is 0 Å². The fourth-order valence-corrected chi connectivity index (χ4v) is 3.70. The van der Waals surface area contributed by atoms with E-state index < -0.39 is 11.2 Å². The molecule has 9 heteroatoms. The molecule has 0 fully saturated rings. The van der Waals surface area contributed by atoms with Gasteiger partial charge in [-0.1, -0.05) is 32.9 Å². The lowest BCUT2D eigenvalue weighted by atomic mass is 9.99. The van der Waals surface area contributed by atoms with Gasteiger partial charge in [0.1, 0.15) is 0 Å². The Hall–Kier alpha value is -2.39. The third kappa shape index (κ3) is 5.27. The topological polar surface area (TPSA) is 85.7 Å². The van der Waals surface area contributed by atoms with Gasteiger partial charge in [0.05, 0.1) is 34.8 Å². The van der Waals surface area contributed by atoms with E-state index in [1.54, 1.807) is 30.3 Å². The normalized spacial score (nSPS) is 11.9. The van der Waals surface area contributed by atoms with Gasteiger partial charge < -0.3 is 14.5 Å². The van der Waals surface area contributed by atoms with Gasteiger partial charge >= 0.3 is 5.69 Å². The summed E-state index contributed by atoms with van der Waals surface area (Å²) in [4.78, 5) is 27.7. The van der Waals surface area contributed by atoms with Crippen molar-refractivity contribution in [3.05, 3.63) is 65.7 Å². The van der Waals surface area contributed by atoms with E-state index in [-0.39, 0.29) is 5.41 Å². The molecule has 0 atom stereocenters. The van der Waals surface area contributed by atoms with Gasteiger partial charge in [0.15, 0.2) is 11.5 Å². The Labute approximate surface area is 196 Å². The molecule has 0 amide bonds. The summed E-state index contributed by atoms with van der Waals surface area (Å²) >= 11 is 7.10. The molecule has 0 aliphatic rings. The number of nitrogens with one attached hydrogen (secondary N) is 1. The Morgan fingerprint density at radius 2 is 1.84 bits per heavy atom. The van der Waals surface area contributed by atoms with Crippen molar-refractivity contribution in [2.75, 3.05) is 13.2 Å². The summed E-state index contributed by atoms with van der Waals surface area (Å²) in [6.07, 6.45) is 1.43. The fraction of sp³-hybridized carbons (Fsp3) is 0.318. The maximum Gasteiger partial charge on any atom is 0.349 e. The summed E-state index contributed by atoms with van der Waals surface area (Å²) in [7, 11) is 0. The molecule has 0 unspecified atom stereocenters. The molecule has 0 saturated heterocycles. The molecule has 0 saturated carbocycles. The molecule has 1 heterocycles. The molecule has 0 aliphatic carbocycles. The molecule has 0 spiro atoms. The summed E-state index contributed by atoms with van der Waals surface area (Å²) in [5.74, 6) is 1.10. The Morgan fingerprint density at radius 1 is 1.13 bits per heavy atom. The second-order valence-electron chi connectivity index (χ2n) is 8.04. The summed E-state index contributed by atoms with van der Waals surface area (Å²) in [5, 5.41) is 4.51. The molecule has 7 nitrogen and oxygen atoms in total. The van der Waals surface area contributed by atoms with Gasteiger partial charge in [0.2, 0.25) is 0 Å². The monoisotopic (exact) mass is 551 g/mol. The van der Waals surface area contributed by atoms with Crippen molar-refractivity contribution in [3.8, 4) is 11.5 Å². The fourth-order valence-electron chi connectivity index (χ4n) is 2.76. The van der Waals surface area contributed by atoms with Crippen LogP contribution >= 0.6 is 31.9 Å². The number of hydrogen-bond acceptors (Lipinski definition) is 5. The van der Waals surface area contributed by atoms with Gasteiger partial charge in [-0.2, -0.15) is 5.10 Å². The van der Waals surface area contributed by atoms with Gasteiger partial charge in [-0.3, -0.25) is 4.79 Å². The van der Waals surface area contributed by atoms with Crippen LogP contribution in [0.25, 0.3) is 10.9 Å². The number of H-pyrrole nitrogens is 1. The predicted molar refractivity (Wildman–Crippen MR) is 130 cm³/mol. The largest absolute Gasteiger partial charge is 0.490 e. The molecule has 1 N–H and O–H groups in total. The molecule has 1 aromatic heterocycles. The van der Waals surface area contributed by atoms with Crippen LogP contribution in [-0.4, -0.2) is 29.1 Å². The first-order valence-electron chi connectivity index (χ1n) is 9.68. The number of benzene rings is 2. The van der Waals surface area contributed by atoms with Crippen molar-refractivity contribution in [1.29, 1.82) is 0 Å². The standard InChI is InChI=1S/C22H23Br2N3O4/c1-5-30-16-10-13(17(23)18(24)19(16)31-12-22(2,3)4)11-25-27-20(28)14-8-6-7-9-15(14)26-21(27)29/h6-11H,5,12H2,1-4H3,(H,26,29). The highest BCUT2D eigenvalue weighted by Gasteiger charge is 2.20. The second-order valence-corrected chi connectivity index (χ2v) is 9.63. The highest BCUT2D eigenvalue weighted by molar-refractivity contribution is 9.13. The van der Waals surface area contributed by atoms with Crippen molar-refractivity contribution < 1.29 is 9.47 Å². The average Bonchev–Trinajstić information content (AvgIpc) is 2.70. The van der Waals surface area contributed by atoms with Gasteiger partial charge in [0.25, 0.3) is 5.56 Å². The zero-order valence-corrected chi connectivity index (χ0v) is 20.8. The SMILES string of the molecule is CCOc1cc(C=Nn2c(=O)[nH]c3ccccc3c2=O)c(Br)c(Br)c1OCC(C)(C)C. The minimum Gasteiger partial charge on any atom is -0.490 e. The van der Waals surface area contributed by atoms with Crippen LogP contribution in [-0.2, 0) is 0 Å². The number of hydrogen-bond donors (Lipinski definition) is 1. The minimum absolute atomic E-state index is 0.0339. The van der Waals surface area contributed by atoms with Gasteiger partial charge in [-0.25, -0.2) is 4.79 Å². The van der Waals surface area contributed by atoms with Crippen LogP contribution in [0.15, 0.2) is 54.0 Å². The first kappa shape index (κ1) is 23.3. The third-order valence-corrected chi connectivity index (χ3v) is 6.34. The maximum atomic E-state index is 12.7. The van der Waals surface area contributed by atoms with E-state index in [0.29, 0.717) is 50.1 Å². The molecule has 2 aromatic carbocycles. The lowest BCUT2D eigenvalue weighted by molar-refractivity contribution is 0.187. The van der Waals surface area contributed by atoms with Crippen LogP contribution < -0.4 is 20.7 Å². The average molecular weight is 553 g/mol. The number of ether oxygens (including phenoxy) is 2. The Morgan fingerprint density at radius 3 is 2.52 bits per heavy atom. The van der Waals surface area contributed by atoms with Gasteiger partial charge in [-0.15, -0.1) is 4.68 Å². The Balaban J connectivity index is 2.06. The molecular formula is C22H23Br2N3O4. The summed E-state index contributed by atoms with van der Waals surface area (Å²) in [6, 6.07) is 8.54. The zero-order chi connectivity index (χ0) is 22.8. The number of rotatable bonds is 6. The van der Waals surface area contributed by atoms with E-state index in [1.165, 1.54) is 6.21 Å². The van der Waals surface area contributed by atoms with Gasteiger partial charge in [0, 0.05) is 10.0 Å². The van der Waals surface area contributed by atoms with Crippen LogP contribution in [0.5, 0.6) is 11.5 Å². The lowest BCUT2D eigenvalue weighted by Gasteiger charge is -2.22. The number of aromatic nitrogens is 2. The smallest absolute Gasteiger partial charge is 0.349 e. The Bertz CT molecular complexity index is 1260. The molecule has 164 valence electrons. The number of halogens is 2. The lowest BCUT2D eigenvalue weighted by Crippen LogP contribution is -2.32. The van der Waals surface area contributed by atoms with E-state index in [4.69, 9.17) is 9.47 Å². The zero-order valence-electron chi connectivity index (χ0n) is 17.7. The first-order valence-corrected chi connectivity index (χ1v) is 11.3. The van der Waals surface area contributed by atoms with E-state index in [1.807, 2.05) is 6.92 Å². The van der Waals surface area contributed by atoms with Crippen molar-refractivity contribution >= 4 is 49.0 Å². The first-order chi connectivity index (χ1) is 14.6. The number of para-hydroxylation sites is 1. The number of nitrogens with zero attached hydrogens (tertiary/aromatic N) is 2. The van der Waals surface area contributed by atoms with Crippen LogP contribution in [0.3, 0.4) is 0 Å². The third-order valence-electron chi connectivity index (χ3n) is 4.20. The summed E-state index contributed by atoms with van der Waals surface area (Å²) in [6.45, 7) is 9.06. The highest BCUT2D eigenvalue weighted by Crippen LogP contribution is 2.43. The molecule has 31 heavy (non-hydrogen) atoms. The van der Waals surface area contributed by atoms with Crippen LogP contribution in [0.1, 0.15) is 33.3 Å². The van der Waals surface area contributed by atoms with Crippen LogP contribution in [0, 0.1) is 5.41 Å². The molecule has 0 radical (unpaired) electrons. The number of aromatic amines is 1. The predicted octanol–water partition coefficient (Wildman–Crippen LogP) is 4.92. The van der Waals surface area contributed by atoms with Gasteiger partial charge in [-0.05, 0) is 62.4 Å². The molecular weight excluding hydrogens is 530 g/mol. The van der Waals surface area contributed by atoms with Crippen molar-refractivity contribution in [3.63, 3.8) is 0 Å². The number of fused-ring (bicyclic) bond motifs is 1. The molecule has 3 rings (SSSR count). The summed E-state index contributed by atoms with van der Waals surface area (Å²) in [5.41, 5.74) is -0.0793. The quantitative estimate of drug-likeness (QED) is 0.440. The van der Waals surface area contributed by atoms with E-state index in [9.17, 15) is 9.59 Å². The van der Waals surface area contributed by atoms with Crippen molar-refractivity contribution in [2.24, 2.45) is 10.5 Å².